The molecule has 1 atom stereocenters. The summed E-state index contributed by atoms with van der Waals surface area (Å²) in [5.74, 6) is 1.69. The van der Waals surface area contributed by atoms with Crippen molar-refractivity contribution in [1.82, 2.24) is 9.38 Å². The summed E-state index contributed by atoms with van der Waals surface area (Å²) in [6.07, 6.45) is 1.42. The quantitative estimate of drug-likeness (QED) is 0.533. The summed E-state index contributed by atoms with van der Waals surface area (Å²) in [6, 6.07) is 7.46. The van der Waals surface area contributed by atoms with Crippen LogP contribution in [0.25, 0.3) is 4.96 Å². The summed E-state index contributed by atoms with van der Waals surface area (Å²) < 4.78 is 13.1. The topological polar surface area (TPSA) is 82.1 Å². The number of likely N-dealkylation sites (N-methyl/N-ethyl adjacent to an activating group) is 1. The lowest BCUT2D eigenvalue weighted by Gasteiger charge is -2.29. The zero-order chi connectivity index (χ0) is 16.7. The van der Waals surface area contributed by atoms with E-state index in [9.17, 15) is 10.1 Å². The molecule has 24 heavy (non-hydrogen) atoms. The molecule has 0 saturated heterocycles. The summed E-state index contributed by atoms with van der Waals surface area (Å²) >= 11 is 1.36. The maximum atomic E-state index is 11.4. The van der Waals surface area contributed by atoms with Crippen LogP contribution in [0.2, 0.25) is 0 Å². The first-order valence-corrected chi connectivity index (χ1v) is 8.21. The van der Waals surface area contributed by atoms with Gasteiger partial charge >= 0.3 is 5.82 Å². The molecule has 0 saturated carbocycles. The van der Waals surface area contributed by atoms with Gasteiger partial charge in [0.15, 0.2) is 17.6 Å². The van der Waals surface area contributed by atoms with Crippen molar-refractivity contribution in [3.05, 3.63) is 46.0 Å². The first-order valence-electron chi connectivity index (χ1n) is 7.33. The van der Waals surface area contributed by atoms with E-state index in [0.29, 0.717) is 35.4 Å². The normalized spacial score (nSPS) is 16.3. The van der Waals surface area contributed by atoms with Crippen LogP contribution in [0.4, 0.5) is 11.6 Å². The SMILES string of the molecule is CN(C[C@H]1COc2ccccc2O1)c1nc2sccn2c1[N+](=O)[O-]. The van der Waals surface area contributed by atoms with Gasteiger partial charge < -0.3 is 24.5 Å². The van der Waals surface area contributed by atoms with Crippen molar-refractivity contribution >= 4 is 27.9 Å². The second-order valence-corrected chi connectivity index (χ2v) is 6.32. The standard InChI is InChI=1S/C15H14N4O4S/c1-17(8-10-9-22-11-4-2-3-5-12(11)23-10)13-14(19(20)21)18-6-7-24-15(18)16-13/h2-7,10H,8-9H2,1H3/t10-/m0/s1. The summed E-state index contributed by atoms with van der Waals surface area (Å²) in [5.41, 5.74) is 0. The fourth-order valence-corrected chi connectivity index (χ4v) is 3.44. The number of ether oxygens (including phenoxy) is 2. The average Bonchev–Trinajstić information content (AvgIpc) is 3.15. The summed E-state index contributed by atoms with van der Waals surface area (Å²) in [5, 5.41) is 13.2. The Labute approximate surface area is 141 Å². The molecule has 8 nitrogen and oxygen atoms in total. The van der Waals surface area contributed by atoms with Crippen LogP contribution in [0.1, 0.15) is 0 Å². The number of para-hydroxylation sites is 2. The van der Waals surface area contributed by atoms with E-state index in [1.165, 1.54) is 15.7 Å². The maximum absolute atomic E-state index is 11.4. The Morgan fingerprint density at radius 2 is 2.25 bits per heavy atom. The number of aromatic nitrogens is 2. The van der Waals surface area contributed by atoms with Crippen LogP contribution in [-0.4, -0.2) is 40.6 Å². The molecule has 124 valence electrons. The van der Waals surface area contributed by atoms with Gasteiger partial charge in [-0.05, 0) is 17.1 Å². The van der Waals surface area contributed by atoms with Gasteiger partial charge in [-0.3, -0.25) is 0 Å². The molecule has 3 aromatic rings. The number of nitrogens with zero attached hydrogens (tertiary/aromatic N) is 4. The molecule has 2 aromatic heterocycles. The first kappa shape index (κ1) is 14.8. The molecular formula is C15H14N4O4S. The third kappa shape index (κ3) is 2.42. The molecule has 1 aliphatic heterocycles. The highest BCUT2D eigenvalue weighted by atomic mass is 32.1. The molecule has 9 heteroatoms. The van der Waals surface area contributed by atoms with E-state index in [1.54, 1.807) is 23.5 Å². The van der Waals surface area contributed by atoms with Crippen molar-refractivity contribution in [3.63, 3.8) is 0 Å². The van der Waals surface area contributed by atoms with Crippen molar-refractivity contribution < 1.29 is 14.4 Å². The van der Waals surface area contributed by atoms with Gasteiger partial charge in [-0.1, -0.05) is 23.5 Å². The third-order valence-electron chi connectivity index (χ3n) is 3.80. The van der Waals surface area contributed by atoms with Gasteiger partial charge in [0.25, 0.3) is 4.96 Å². The van der Waals surface area contributed by atoms with E-state index >= 15 is 0 Å². The van der Waals surface area contributed by atoms with Crippen LogP contribution in [0, 0.1) is 10.1 Å². The highest BCUT2D eigenvalue weighted by Crippen LogP contribution is 2.33. The van der Waals surface area contributed by atoms with Crippen LogP contribution in [0.3, 0.4) is 0 Å². The predicted octanol–water partition coefficient (Wildman–Crippen LogP) is 2.58. The Morgan fingerprint density at radius 3 is 3.04 bits per heavy atom. The lowest BCUT2D eigenvalue weighted by atomic mass is 10.2. The maximum Gasteiger partial charge on any atom is 0.373 e. The largest absolute Gasteiger partial charge is 0.486 e. The average molecular weight is 346 g/mol. The number of nitro groups is 1. The predicted molar refractivity (Wildman–Crippen MR) is 89.3 cm³/mol. The van der Waals surface area contributed by atoms with E-state index in [-0.39, 0.29) is 11.9 Å². The van der Waals surface area contributed by atoms with Gasteiger partial charge in [0.2, 0.25) is 5.82 Å². The number of hydrogen-bond acceptors (Lipinski definition) is 7. The van der Waals surface area contributed by atoms with E-state index < -0.39 is 4.92 Å². The van der Waals surface area contributed by atoms with Crippen LogP contribution in [0.5, 0.6) is 11.5 Å². The third-order valence-corrected chi connectivity index (χ3v) is 4.56. The molecule has 0 unspecified atom stereocenters. The van der Waals surface area contributed by atoms with Crippen LogP contribution < -0.4 is 14.4 Å². The second-order valence-electron chi connectivity index (χ2n) is 5.45. The molecule has 0 radical (unpaired) electrons. The Balaban J connectivity index is 1.57. The van der Waals surface area contributed by atoms with Crippen LogP contribution >= 0.6 is 11.3 Å². The highest BCUT2D eigenvalue weighted by Gasteiger charge is 2.29. The van der Waals surface area contributed by atoms with Crippen molar-refractivity contribution in [3.8, 4) is 11.5 Å². The Hall–Kier alpha value is -2.81. The highest BCUT2D eigenvalue weighted by molar-refractivity contribution is 7.15. The van der Waals surface area contributed by atoms with Gasteiger partial charge in [0, 0.05) is 12.4 Å². The first-order chi connectivity index (χ1) is 11.6. The van der Waals surface area contributed by atoms with Gasteiger partial charge in [-0.2, -0.15) is 9.38 Å². The van der Waals surface area contributed by atoms with Crippen molar-refractivity contribution in [1.29, 1.82) is 0 Å². The molecular weight excluding hydrogens is 332 g/mol. The monoisotopic (exact) mass is 346 g/mol. The molecule has 4 rings (SSSR count). The molecule has 0 amide bonds. The second kappa shape index (κ2) is 5.68. The summed E-state index contributed by atoms with van der Waals surface area (Å²) in [4.78, 5) is 17.7. The Bertz CT molecular complexity index is 906. The van der Waals surface area contributed by atoms with Crippen molar-refractivity contribution in [2.45, 2.75) is 6.10 Å². The number of anilines is 1. The van der Waals surface area contributed by atoms with E-state index in [4.69, 9.17) is 9.47 Å². The molecule has 1 aliphatic rings. The zero-order valence-corrected chi connectivity index (χ0v) is 13.6. The molecule has 0 aliphatic carbocycles. The number of fused-ring (bicyclic) bond motifs is 2. The zero-order valence-electron chi connectivity index (χ0n) is 12.8. The van der Waals surface area contributed by atoms with Crippen molar-refractivity contribution in [2.24, 2.45) is 0 Å². The lowest BCUT2D eigenvalue weighted by molar-refractivity contribution is -0.389. The number of thiazole rings is 1. The minimum Gasteiger partial charge on any atom is -0.486 e. The van der Waals surface area contributed by atoms with Crippen molar-refractivity contribution in [2.75, 3.05) is 25.1 Å². The van der Waals surface area contributed by atoms with Gasteiger partial charge in [-0.15, -0.1) is 0 Å². The Kier molecular flexibility index (Phi) is 3.49. The molecule has 3 heterocycles. The minimum atomic E-state index is -0.411. The summed E-state index contributed by atoms with van der Waals surface area (Å²) in [6.45, 7) is 0.817. The van der Waals surface area contributed by atoms with E-state index in [0.717, 1.165) is 0 Å². The molecule has 0 fully saturated rings. The number of imidazole rings is 1. The van der Waals surface area contributed by atoms with Crippen LogP contribution in [0.15, 0.2) is 35.8 Å². The number of hydrogen-bond donors (Lipinski definition) is 0. The lowest BCUT2D eigenvalue weighted by Crippen LogP contribution is -2.39. The summed E-state index contributed by atoms with van der Waals surface area (Å²) in [7, 11) is 1.77. The molecule has 1 aromatic carbocycles. The smallest absolute Gasteiger partial charge is 0.373 e. The molecule has 0 N–H and O–H groups in total. The molecule has 0 bridgehead atoms. The Morgan fingerprint density at radius 1 is 1.46 bits per heavy atom. The van der Waals surface area contributed by atoms with E-state index in [2.05, 4.69) is 4.98 Å². The van der Waals surface area contributed by atoms with Gasteiger partial charge in [-0.25, -0.2) is 0 Å². The minimum absolute atomic E-state index is 0.0362. The van der Waals surface area contributed by atoms with Gasteiger partial charge in [0.1, 0.15) is 12.8 Å². The number of benzene rings is 1. The molecule has 0 spiro atoms. The fraction of sp³-hybridized carbons (Fsp3) is 0.267. The number of rotatable bonds is 4. The van der Waals surface area contributed by atoms with Gasteiger partial charge in [0.05, 0.1) is 6.54 Å². The fourth-order valence-electron chi connectivity index (χ4n) is 2.73. The van der Waals surface area contributed by atoms with Crippen LogP contribution in [-0.2, 0) is 0 Å². The van der Waals surface area contributed by atoms with E-state index in [1.807, 2.05) is 24.3 Å².